The van der Waals surface area contributed by atoms with Crippen molar-refractivity contribution in [3.05, 3.63) is 41.5 Å². The third-order valence-electron chi connectivity index (χ3n) is 7.14. The molecule has 1 saturated heterocycles. The summed E-state index contributed by atoms with van der Waals surface area (Å²) in [6, 6.07) is 7.84. The topological polar surface area (TPSA) is 51.2 Å². The van der Waals surface area contributed by atoms with Crippen LogP contribution in [0.25, 0.3) is 11.1 Å². The van der Waals surface area contributed by atoms with E-state index >= 15 is 0 Å². The molecule has 37 heavy (non-hydrogen) atoms. The highest BCUT2D eigenvalue weighted by molar-refractivity contribution is 5.80. The Morgan fingerprint density at radius 1 is 1.14 bits per heavy atom. The highest BCUT2D eigenvalue weighted by atomic mass is 19.4. The van der Waals surface area contributed by atoms with Gasteiger partial charge in [0.05, 0.1) is 24.5 Å². The molecule has 6 nitrogen and oxygen atoms in total. The highest BCUT2D eigenvalue weighted by Crippen LogP contribution is 2.52. The van der Waals surface area contributed by atoms with Gasteiger partial charge in [-0.05, 0) is 81.5 Å². The van der Waals surface area contributed by atoms with Crippen LogP contribution in [0.15, 0.2) is 30.3 Å². The summed E-state index contributed by atoms with van der Waals surface area (Å²) in [6.45, 7) is 9.85. The van der Waals surface area contributed by atoms with Crippen LogP contribution < -0.4 is 14.4 Å². The van der Waals surface area contributed by atoms with Crippen LogP contribution in [0.1, 0.15) is 57.6 Å². The number of ether oxygens (including phenoxy) is 3. The van der Waals surface area contributed by atoms with Crippen LogP contribution in [0.2, 0.25) is 0 Å². The molecule has 2 aromatic carbocycles. The van der Waals surface area contributed by atoms with Crippen LogP contribution in [-0.2, 0) is 10.9 Å². The number of amides is 1. The summed E-state index contributed by atoms with van der Waals surface area (Å²) in [5, 5.41) is 0. The van der Waals surface area contributed by atoms with E-state index in [2.05, 4.69) is 4.90 Å². The Morgan fingerprint density at radius 3 is 2.62 bits per heavy atom. The Hall–Kier alpha value is -3.10. The molecule has 0 aromatic heterocycles. The van der Waals surface area contributed by atoms with Crippen molar-refractivity contribution in [2.75, 3.05) is 37.7 Å². The highest BCUT2D eigenvalue weighted by Gasteiger charge is 2.46. The van der Waals surface area contributed by atoms with Crippen LogP contribution >= 0.6 is 0 Å². The minimum Gasteiger partial charge on any atom is -0.494 e. The number of hydrogen-bond donors (Lipinski definition) is 0. The van der Waals surface area contributed by atoms with E-state index in [1.807, 2.05) is 26.8 Å². The number of anilines is 1. The molecule has 9 heteroatoms. The monoisotopic (exact) mass is 518 g/mol. The number of halogens is 3. The lowest BCUT2D eigenvalue weighted by molar-refractivity contribution is -0.137. The van der Waals surface area contributed by atoms with E-state index in [1.54, 1.807) is 24.0 Å². The van der Waals surface area contributed by atoms with Gasteiger partial charge in [-0.3, -0.25) is 0 Å². The first-order valence-corrected chi connectivity index (χ1v) is 12.9. The van der Waals surface area contributed by atoms with Crippen molar-refractivity contribution in [3.8, 4) is 22.6 Å². The number of fused-ring (bicyclic) bond motifs is 3. The Bertz CT molecular complexity index is 1190. The molecule has 2 aromatic rings. The summed E-state index contributed by atoms with van der Waals surface area (Å²) in [7, 11) is 0. The second kappa shape index (κ2) is 9.33. The number of benzene rings is 2. The fourth-order valence-corrected chi connectivity index (χ4v) is 5.72. The van der Waals surface area contributed by atoms with E-state index in [0.717, 1.165) is 36.7 Å². The first-order valence-electron chi connectivity index (χ1n) is 12.9. The number of likely N-dealkylation sites (tertiary alicyclic amines) is 1. The molecule has 0 N–H and O–H groups in total. The Balaban J connectivity index is 1.58. The predicted molar refractivity (Wildman–Crippen MR) is 134 cm³/mol. The molecule has 3 aliphatic rings. The maximum atomic E-state index is 14.1. The fourth-order valence-electron chi connectivity index (χ4n) is 5.72. The molecule has 0 spiro atoms. The van der Waals surface area contributed by atoms with Crippen LogP contribution in [0.5, 0.6) is 11.5 Å². The van der Waals surface area contributed by atoms with Gasteiger partial charge in [-0.25, -0.2) is 4.79 Å². The first-order chi connectivity index (χ1) is 17.5. The van der Waals surface area contributed by atoms with E-state index in [-0.39, 0.29) is 36.0 Å². The van der Waals surface area contributed by atoms with E-state index in [1.165, 1.54) is 6.07 Å². The largest absolute Gasteiger partial charge is 0.494 e. The third-order valence-corrected chi connectivity index (χ3v) is 7.14. The molecule has 0 aliphatic carbocycles. The lowest BCUT2D eigenvalue weighted by Crippen LogP contribution is -2.49. The van der Waals surface area contributed by atoms with Gasteiger partial charge in [0, 0.05) is 31.6 Å². The molecule has 200 valence electrons. The normalized spacial score (nSPS) is 21.1. The van der Waals surface area contributed by atoms with E-state index < -0.39 is 17.3 Å². The standard InChI is InChI=1S/C28H33F3N2O4/c1-5-35-18-7-8-19(22(15-18)28(29,30)31)17-13-20-21-16-32(26(34)37-27(2,3)4)11-9-23(21)33-10-6-12-36-24(14-17)25(20)33/h7-8,13-15,21,23H,5-6,9-12,16H2,1-4H3/t21-,23-/m0/s1. The van der Waals surface area contributed by atoms with Gasteiger partial charge in [0.25, 0.3) is 0 Å². The van der Waals surface area contributed by atoms with Crippen LogP contribution in [-0.4, -0.2) is 55.5 Å². The number of rotatable bonds is 3. The lowest BCUT2D eigenvalue weighted by atomic mass is 9.87. The van der Waals surface area contributed by atoms with Crippen molar-refractivity contribution < 1.29 is 32.2 Å². The van der Waals surface area contributed by atoms with Crippen molar-refractivity contribution in [1.29, 1.82) is 0 Å². The maximum absolute atomic E-state index is 14.1. The van der Waals surface area contributed by atoms with Crippen molar-refractivity contribution in [2.45, 2.75) is 64.3 Å². The van der Waals surface area contributed by atoms with Crippen molar-refractivity contribution >= 4 is 11.8 Å². The molecule has 0 saturated carbocycles. The quantitative estimate of drug-likeness (QED) is 0.466. The Morgan fingerprint density at radius 2 is 1.92 bits per heavy atom. The molecule has 1 fully saturated rings. The van der Waals surface area contributed by atoms with Crippen LogP contribution in [0.4, 0.5) is 23.7 Å². The van der Waals surface area contributed by atoms with E-state index in [4.69, 9.17) is 14.2 Å². The van der Waals surface area contributed by atoms with Gasteiger partial charge >= 0.3 is 12.3 Å². The summed E-state index contributed by atoms with van der Waals surface area (Å²) in [5.41, 5.74) is 1.05. The van der Waals surface area contributed by atoms with Crippen molar-refractivity contribution in [3.63, 3.8) is 0 Å². The first kappa shape index (κ1) is 25.5. The number of carbonyl (C=O) groups excluding carboxylic acids is 1. The van der Waals surface area contributed by atoms with Crippen molar-refractivity contribution in [1.82, 2.24) is 4.90 Å². The zero-order valence-corrected chi connectivity index (χ0v) is 21.7. The lowest BCUT2D eigenvalue weighted by Gasteiger charge is -2.39. The molecule has 0 radical (unpaired) electrons. The van der Waals surface area contributed by atoms with Gasteiger partial charge in [0.1, 0.15) is 17.1 Å². The maximum Gasteiger partial charge on any atom is 0.417 e. The summed E-state index contributed by atoms with van der Waals surface area (Å²) in [5.74, 6) is 0.736. The summed E-state index contributed by atoms with van der Waals surface area (Å²) >= 11 is 0. The number of hydrogen-bond acceptors (Lipinski definition) is 5. The predicted octanol–water partition coefficient (Wildman–Crippen LogP) is 6.47. The zero-order valence-electron chi connectivity index (χ0n) is 21.7. The molecular formula is C28H33F3N2O4. The number of carbonyl (C=O) groups is 1. The molecule has 0 unspecified atom stereocenters. The fraction of sp³-hybridized carbons (Fsp3) is 0.536. The molecule has 5 rings (SSSR count). The van der Waals surface area contributed by atoms with Crippen LogP contribution in [0, 0.1) is 0 Å². The summed E-state index contributed by atoms with van der Waals surface area (Å²) in [4.78, 5) is 16.9. The summed E-state index contributed by atoms with van der Waals surface area (Å²) in [6.07, 6.45) is -3.34. The average Bonchev–Trinajstić information content (AvgIpc) is 2.97. The van der Waals surface area contributed by atoms with Gasteiger partial charge in [0.15, 0.2) is 0 Å². The van der Waals surface area contributed by atoms with Gasteiger partial charge in [0.2, 0.25) is 0 Å². The smallest absolute Gasteiger partial charge is 0.417 e. The molecule has 1 amide bonds. The number of piperidine rings is 1. The van der Waals surface area contributed by atoms with Crippen LogP contribution in [0.3, 0.4) is 0 Å². The number of alkyl halides is 3. The molecule has 2 atom stereocenters. The molecule has 0 bridgehead atoms. The summed E-state index contributed by atoms with van der Waals surface area (Å²) < 4.78 is 59.5. The minimum absolute atomic E-state index is 0.0475. The SMILES string of the molecule is CCOc1ccc(-c2cc3c4c(c2)[C@@H]2CN(C(=O)OC(C)(C)C)CC[C@@H]2N4CCCO3)c(C(F)(F)F)c1. The van der Waals surface area contributed by atoms with Gasteiger partial charge in [-0.2, -0.15) is 13.2 Å². The van der Waals surface area contributed by atoms with Crippen molar-refractivity contribution in [2.24, 2.45) is 0 Å². The van der Waals surface area contributed by atoms with Gasteiger partial charge in [-0.15, -0.1) is 0 Å². The molecule has 3 aliphatic heterocycles. The third kappa shape index (κ3) is 4.92. The molecule has 3 heterocycles. The Kier molecular flexibility index (Phi) is 6.44. The average molecular weight is 519 g/mol. The minimum atomic E-state index is -4.55. The zero-order chi connectivity index (χ0) is 26.5. The number of nitrogens with zero attached hydrogens (tertiary/aromatic N) is 2. The van der Waals surface area contributed by atoms with E-state index in [9.17, 15) is 18.0 Å². The molecular weight excluding hydrogens is 485 g/mol. The van der Waals surface area contributed by atoms with Gasteiger partial charge < -0.3 is 24.0 Å². The Labute approximate surface area is 215 Å². The van der Waals surface area contributed by atoms with E-state index in [0.29, 0.717) is 31.0 Å². The second-order valence-electron chi connectivity index (χ2n) is 10.8. The van der Waals surface area contributed by atoms with Gasteiger partial charge in [-0.1, -0.05) is 6.07 Å². The second-order valence-corrected chi connectivity index (χ2v) is 10.8.